The lowest BCUT2D eigenvalue weighted by atomic mass is 10.2. The highest BCUT2D eigenvalue weighted by Crippen LogP contribution is 2.09. The van der Waals surface area contributed by atoms with E-state index in [1.807, 2.05) is 0 Å². The summed E-state index contributed by atoms with van der Waals surface area (Å²) in [6.07, 6.45) is 0.924. The summed E-state index contributed by atoms with van der Waals surface area (Å²) in [6, 6.07) is 0. The van der Waals surface area contributed by atoms with Gasteiger partial charge in [0, 0.05) is 24.4 Å². The molecule has 0 saturated heterocycles. The average Bonchev–Trinajstić information content (AvgIpc) is 2.60. The van der Waals surface area contributed by atoms with Crippen LogP contribution in [0.3, 0.4) is 0 Å². The number of aliphatic hydroxyl groups excluding tert-OH is 1. The second-order valence-electron chi connectivity index (χ2n) is 3.94. The molecule has 0 amide bonds. The molecule has 2 N–H and O–H groups in total. The third-order valence-electron chi connectivity index (χ3n) is 2.59. The molecule has 0 atom stereocenters. The third-order valence-corrected chi connectivity index (χ3v) is 2.59. The molecular weight excluding hydrogens is 228 g/mol. The highest BCUT2D eigenvalue weighted by atomic mass is 19.3. The van der Waals surface area contributed by atoms with Crippen molar-refractivity contribution in [1.82, 2.24) is 15.1 Å². The van der Waals surface area contributed by atoms with Crippen molar-refractivity contribution in [3.63, 3.8) is 0 Å². The van der Waals surface area contributed by atoms with Crippen molar-refractivity contribution in [2.75, 3.05) is 13.2 Å². The van der Waals surface area contributed by atoms with Crippen LogP contribution in [0.4, 0.5) is 8.78 Å². The third kappa shape index (κ3) is 4.79. The molecule has 0 aliphatic rings. The maximum absolute atomic E-state index is 12.2. The normalized spacial score (nSPS) is 11.4. The van der Waals surface area contributed by atoms with E-state index in [9.17, 15) is 8.78 Å². The van der Waals surface area contributed by atoms with E-state index in [1.165, 1.54) is 4.68 Å². The van der Waals surface area contributed by atoms with E-state index >= 15 is 0 Å². The number of hydrogen-bond acceptors (Lipinski definition) is 3. The molecule has 6 heteroatoms. The van der Waals surface area contributed by atoms with Crippen LogP contribution >= 0.6 is 0 Å². The molecule has 0 aliphatic heterocycles. The van der Waals surface area contributed by atoms with Crippen molar-refractivity contribution in [2.24, 2.45) is 0 Å². The van der Waals surface area contributed by atoms with Crippen LogP contribution in [-0.2, 0) is 13.1 Å². The van der Waals surface area contributed by atoms with Gasteiger partial charge < -0.3 is 10.4 Å². The lowest BCUT2D eigenvalue weighted by Gasteiger charge is -2.06. The summed E-state index contributed by atoms with van der Waals surface area (Å²) in [5.41, 5.74) is 1.72. The van der Waals surface area contributed by atoms with Crippen molar-refractivity contribution < 1.29 is 13.9 Å². The van der Waals surface area contributed by atoms with Crippen LogP contribution in [0.2, 0.25) is 0 Å². The molecule has 0 spiro atoms. The van der Waals surface area contributed by atoms with Crippen LogP contribution in [0.5, 0.6) is 0 Å². The standard InChI is InChI=1S/C11H19F2N3O/c1-9-10(6-14-4-2-3-5-17)7-15-16(9)8-11(12)13/h7,11,14,17H,2-6,8H2,1H3. The Balaban J connectivity index is 2.36. The van der Waals surface area contributed by atoms with Gasteiger partial charge in [-0.15, -0.1) is 0 Å². The Morgan fingerprint density at radius 2 is 2.24 bits per heavy atom. The summed E-state index contributed by atoms with van der Waals surface area (Å²) in [6.45, 7) is 3.07. The monoisotopic (exact) mass is 247 g/mol. The Morgan fingerprint density at radius 1 is 1.47 bits per heavy atom. The van der Waals surface area contributed by atoms with Crippen molar-refractivity contribution in [3.05, 3.63) is 17.5 Å². The Morgan fingerprint density at radius 3 is 2.88 bits per heavy atom. The molecule has 98 valence electrons. The van der Waals surface area contributed by atoms with Crippen molar-refractivity contribution in [2.45, 2.75) is 39.3 Å². The van der Waals surface area contributed by atoms with Crippen LogP contribution < -0.4 is 5.32 Å². The zero-order chi connectivity index (χ0) is 12.7. The lowest BCUT2D eigenvalue weighted by molar-refractivity contribution is 0.121. The van der Waals surface area contributed by atoms with Crippen LogP contribution in [-0.4, -0.2) is 34.5 Å². The van der Waals surface area contributed by atoms with Gasteiger partial charge in [-0.2, -0.15) is 5.10 Å². The Labute approximate surface area is 99.6 Å². The van der Waals surface area contributed by atoms with Crippen molar-refractivity contribution in [1.29, 1.82) is 0 Å². The lowest BCUT2D eigenvalue weighted by Crippen LogP contribution is -2.16. The van der Waals surface area contributed by atoms with Crippen molar-refractivity contribution in [3.8, 4) is 0 Å². The molecule has 1 heterocycles. The molecular formula is C11H19F2N3O. The van der Waals surface area contributed by atoms with Crippen LogP contribution in [0, 0.1) is 6.92 Å². The molecule has 0 unspecified atom stereocenters. The molecule has 4 nitrogen and oxygen atoms in total. The van der Waals surface area contributed by atoms with E-state index in [0.29, 0.717) is 6.54 Å². The van der Waals surface area contributed by atoms with Gasteiger partial charge in [-0.25, -0.2) is 8.78 Å². The predicted molar refractivity (Wildman–Crippen MR) is 61.0 cm³/mol. The molecule has 0 aliphatic carbocycles. The first-order valence-electron chi connectivity index (χ1n) is 5.76. The summed E-state index contributed by atoms with van der Waals surface area (Å²) < 4.78 is 25.7. The largest absolute Gasteiger partial charge is 0.396 e. The van der Waals surface area contributed by atoms with E-state index in [-0.39, 0.29) is 13.2 Å². The minimum Gasteiger partial charge on any atom is -0.396 e. The van der Waals surface area contributed by atoms with E-state index in [1.54, 1.807) is 13.1 Å². The van der Waals surface area contributed by atoms with E-state index in [0.717, 1.165) is 30.6 Å². The number of unbranched alkanes of at least 4 members (excludes halogenated alkanes) is 1. The average molecular weight is 247 g/mol. The second kappa shape index (κ2) is 7.34. The molecule has 0 fully saturated rings. The van der Waals surface area contributed by atoms with Crippen LogP contribution in [0.15, 0.2) is 6.20 Å². The first kappa shape index (κ1) is 14.1. The highest BCUT2D eigenvalue weighted by Gasteiger charge is 2.10. The van der Waals surface area contributed by atoms with Gasteiger partial charge >= 0.3 is 0 Å². The number of rotatable bonds is 8. The Kier molecular flexibility index (Phi) is 6.07. The van der Waals surface area contributed by atoms with E-state index in [2.05, 4.69) is 10.4 Å². The molecule has 0 aromatic carbocycles. The molecule has 0 saturated carbocycles. The molecule has 0 bridgehead atoms. The minimum absolute atomic E-state index is 0.201. The SMILES string of the molecule is Cc1c(CNCCCCO)cnn1CC(F)F. The number of halogens is 2. The number of aliphatic hydroxyl groups is 1. The summed E-state index contributed by atoms with van der Waals surface area (Å²) in [4.78, 5) is 0. The van der Waals surface area contributed by atoms with Crippen LogP contribution in [0.1, 0.15) is 24.1 Å². The number of nitrogens with one attached hydrogen (secondary N) is 1. The van der Waals surface area contributed by atoms with Crippen LogP contribution in [0.25, 0.3) is 0 Å². The van der Waals surface area contributed by atoms with Gasteiger partial charge in [0.25, 0.3) is 6.43 Å². The summed E-state index contributed by atoms with van der Waals surface area (Å²) in [7, 11) is 0. The highest BCUT2D eigenvalue weighted by molar-refractivity contribution is 5.15. The van der Waals surface area contributed by atoms with Gasteiger partial charge in [-0.1, -0.05) is 0 Å². The number of alkyl halides is 2. The zero-order valence-electron chi connectivity index (χ0n) is 9.99. The molecule has 1 aromatic rings. The topological polar surface area (TPSA) is 50.1 Å². The predicted octanol–water partition coefficient (Wildman–Crippen LogP) is 1.32. The van der Waals surface area contributed by atoms with Gasteiger partial charge in [-0.3, -0.25) is 4.68 Å². The summed E-state index contributed by atoms with van der Waals surface area (Å²) >= 11 is 0. The smallest absolute Gasteiger partial charge is 0.257 e. The molecule has 0 radical (unpaired) electrons. The zero-order valence-corrected chi connectivity index (χ0v) is 9.99. The summed E-state index contributed by atoms with van der Waals surface area (Å²) in [5.74, 6) is 0. The number of nitrogens with zero attached hydrogens (tertiary/aromatic N) is 2. The Hall–Kier alpha value is -1.01. The van der Waals surface area contributed by atoms with Crippen molar-refractivity contribution >= 4 is 0 Å². The number of hydrogen-bond donors (Lipinski definition) is 2. The van der Waals surface area contributed by atoms with E-state index in [4.69, 9.17) is 5.11 Å². The summed E-state index contributed by atoms with van der Waals surface area (Å²) in [5, 5.41) is 15.7. The van der Waals surface area contributed by atoms with E-state index < -0.39 is 6.43 Å². The van der Waals surface area contributed by atoms with Gasteiger partial charge in [0.2, 0.25) is 0 Å². The fraction of sp³-hybridized carbons (Fsp3) is 0.727. The van der Waals surface area contributed by atoms with Gasteiger partial charge in [0.1, 0.15) is 6.54 Å². The first-order chi connectivity index (χ1) is 8.15. The van der Waals surface area contributed by atoms with Gasteiger partial charge in [0.05, 0.1) is 6.20 Å². The molecule has 17 heavy (non-hydrogen) atoms. The van der Waals surface area contributed by atoms with Gasteiger partial charge in [0.15, 0.2) is 0 Å². The van der Waals surface area contributed by atoms with Gasteiger partial charge in [-0.05, 0) is 26.3 Å². The molecule has 1 aromatic heterocycles. The maximum atomic E-state index is 12.2. The second-order valence-corrected chi connectivity index (χ2v) is 3.94. The Bertz CT molecular complexity index is 329. The number of aromatic nitrogens is 2. The first-order valence-corrected chi connectivity index (χ1v) is 5.76. The fourth-order valence-corrected chi connectivity index (χ4v) is 1.56. The quantitative estimate of drug-likeness (QED) is 0.681. The fourth-order valence-electron chi connectivity index (χ4n) is 1.56. The molecule has 1 rings (SSSR count). The maximum Gasteiger partial charge on any atom is 0.257 e. The minimum atomic E-state index is -2.38.